The molecule has 2 unspecified atom stereocenters. The van der Waals surface area contributed by atoms with Crippen LogP contribution in [0.5, 0.6) is 0 Å². The van der Waals surface area contributed by atoms with Gasteiger partial charge in [0.2, 0.25) is 0 Å². The van der Waals surface area contributed by atoms with Crippen molar-refractivity contribution < 1.29 is 24.3 Å². The Kier molecular flexibility index (Phi) is 21.0. The van der Waals surface area contributed by atoms with E-state index in [2.05, 4.69) is 219 Å². The van der Waals surface area contributed by atoms with Gasteiger partial charge in [0.1, 0.15) is 0 Å². The maximum absolute atomic E-state index is 13.4. The molecule has 0 N–H and O–H groups in total. The van der Waals surface area contributed by atoms with Crippen LogP contribution in [-0.2, 0) is 29.7 Å². The van der Waals surface area contributed by atoms with Crippen LogP contribution in [0, 0.1) is 36.0 Å². The van der Waals surface area contributed by atoms with Gasteiger partial charge in [-0.15, -0.1) is 0 Å². The molecular weight excluding hydrogens is 1020 g/mol. The van der Waals surface area contributed by atoms with Crippen molar-refractivity contribution in [2.75, 3.05) is 0 Å². The number of carbonyl (C=O) groups is 1. The summed E-state index contributed by atoms with van der Waals surface area (Å²) in [5.41, 5.74) is 2.64. The number of hydrogen-bond acceptors (Lipinski definition) is 1. The average Bonchev–Trinajstić information content (AvgIpc) is 3.95. The molecule has 0 amide bonds. The van der Waals surface area contributed by atoms with Crippen molar-refractivity contribution in [1.82, 2.24) is 0 Å². The normalized spacial score (nSPS) is 17.3. The Balaban J connectivity index is 0.000000150. The zero-order valence-electron chi connectivity index (χ0n) is 42.5. The molecule has 11 rings (SSSR count). The van der Waals surface area contributed by atoms with Gasteiger partial charge in [0.25, 0.3) is 0 Å². The maximum atomic E-state index is 13.4. The third-order valence-corrected chi connectivity index (χ3v) is 18.9. The first-order valence-corrected chi connectivity index (χ1v) is 28.2. The first-order chi connectivity index (χ1) is 35.9. The molecule has 0 bridgehead atoms. The third-order valence-electron chi connectivity index (χ3n) is 14.0. The van der Waals surface area contributed by atoms with E-state index in [1.165, 1.54) is 51.1 Å². The van der Waals surface area contributed by atoms with Crippen molar-refractivity contribution in [3.8, 4) is 5.92 Å². The van der Waals surface area contributed by atoms with Crippen LogP contribution in [0.1, 0.15) is 50.7 Å². The van der Waals surface area contributed by atoms with Gasteiger partial charge in [0.15, 0.2) is 5.78 Å². The summed E-state index contributed by atoms with van der Waals surface area (Å²) in [6, 6.07) is 84.3. The molecule has 1 nitrogen and oxygen atoms in total. The fourth-order valence-electron chi connectivity index (χ4n) is 10.4. The van der Waals surface area contributed by atoms with Gasteiger partial charge in [-0.3, -0.25) is 4.79 Å². The second-order valence-corrected chi connectivity index (χ2v) is 23.2. The molecule has 0 heterocycles. The predicted molar refractivity (Wildman–Crippen MR) is 315 cm³/mol. The van der Waals surface area contributed by atoms with Crippen molar-refractivity contribution in [1.29, 1.82) is 0 Å². The van der Waals surface area contributed by atoms with E-state index in [1.54, 1.807) is 0 Å². The molecule has 0 aliphatic heterocycles. The zero-order chi connectivity index (χ0) is 50.7. The fourth-order valence-corrected chi connectivity index (χ4v) is 15.0. The van der Waals surface area contributed by atoms with E-state index in [4.69, 9.17) is 6.42 Å². The monoisotopic (exact) mass is 1090 g/mol. The van der Waals surface area contributed by atoms with Gasteiger partial charge in [0.05, 0.1) is 11.3 Å². The van der Waals surface area contributed by atoms with Crippen LogP contribution in [0.15, 0.2) is 291 Å². The Labute approximate surface area is 457 Å². The van der Waals surface area contributed by atoms with Crippen molar-refractivity contribution >= 4 is 53.5 Å². The minimum Gasteiger partial charge on any atom is -0.692 e. The van der Waals surface area contributed by atoms with Crippen molar-refractivity contribution in [2.24, 2.45) is 23.7 Å². The van der Waals surface area contributed by atoms with Crippen molar-refractivity contribution in [3.05, 3.63) is 308 Å². The van der Waals surface area contributed by atoms with Gasteiger partial charge >= 0.3 is 19.5 Å². The standard InChI is InChI=1S/C25H23O.2C18H15P.C9H12.Ru/c1-5-25(20-12-8-6-9-13-20,21-14-10-7-11-15-21)23-22(18(2)3)17-16-19(4)24(23)26;2*1-4-10-16(11-5-1)19(17-12-6-2-7-13-17)18-14-8-3-9-15-18;1-2-5-9-7-3-6-8(9)4-1;/h6-16,22-23H,2,17H2,3-4H3;2*1-15H;1-2,4-5,8-9H,3,6-7H2;/q-1;;;;+2/t22-,23-;;;;/m0..../s1. The smallest absolute Gasteiger partial charge is 0.692 e. The first-order valence-electron chi connectivity index (χ1n) is 25.6. The summed E-state index contributed by atoms with van der Waals surface area (Å²) in [7, 11) is -0.892. The number of allylic oxidation sites excluding steroid dienone is 7. The Morgan fingerprint density at radius 2 is 0.784 bits per heavy atom. The molecule has 1 saturated carbocycles. The van der Waals surface area contributed by atoms with Crippen molar-refractivity contribution in [3.63, 3.8) is 0 Å². The van der Waals surface area contributed by atoms with Gasteiger partial charge in [-0.25, -0.2) is 0 Å². The van der Waals surface area contributed by atoms with Crippen LogP contribution in [0.2, 0.25) is 0 Å². The SMILES string of the molecule is C1=CC2CCCC2C=C1.[C-]#CC(c1ccccc1)(c1ccccc1)[C@@H]1C(=O)C(C)=CC[C@H]1C(=C)C.[Ru+2].c1ccc(P(c2ccccc2)c2ccccc2)cc1.c1ccc(P(c2ccccc2)c2ccccc2)cc1. The maximum Gasteiger partial charge on any atom is 2.00 e. The van der Waals surface area contributed by atoms with E-state index in [-0.39, 0.29) is 31.2 Å². The van der Waals surface area contributed by atoms with Crippen LogP contribution >= 0.6 is 15.8 Å². The van der Waals surface area contributed by atoms with Crippen molar-refractivity contribution in [2.45, 2.75) is 44.9 Å². The van der Waals surface area contributed by atoms with E-state index >= 15 is 0 Å². The Bertz CT molecular complexity index is 2720. The van der Waals surface area contributed by atoms with Crippen LogP contribution in [0.4, 0.5) is 0 Å². The first kappa shape index (κ1) is 55.2. The molecule has 8 aromatic rings. The number of fused-ring (bicyclic) bond motifs is 1. The quantitative estimate of drug-likeness (QED) is 0.0439. The Morgan fingerprint density at radius 3 is 1.05 bits per heavy atom. The molecule has 4 heteroatoms. The van der Waals surface area contributed by atoms with E-state index in [0.29, 0.717) is 0 Å². The summed E-state index contributed by atoms with van der Waals surface area (Å²) < 4.78 is 0. The molecule has 74 heavy (non-hydrogen) atoms. The summed E-state index contributed by atoms with van der Waals surface area (Å²) in [5, 5.41) is 8.39. The number of rotatable bonds is 10. The second kappa shape index (κ2) is 28.2. The largest absolute Gasteiger partial charge is 2.00 e. The van der Waals surface area contributed by atoms with Gasteiger partial charge in [-0.05, 0) is 115 Å². The van der Waals surface area contributed by atoms with Gasteiger partial charge < -0.3 is 12.3 Å². The van der Waals surface area contributed by atoms with Gasteiger partial charge in [0, 0.05) is 0 Å². The Hall–Kier alpha value is -6.57. The van der Waals surface area contributed by atoms with E-state index in [9.17, 15) is 4.79 Å². The van der Waals surface area contributed by atoms with E-state index < -0.39 is 27.2 Å². The van der Waals surface area contributed by atoms with Crippen LogP contribution in [0.25, 0.3) is 0 Å². The Morgan fingerprint density at radius 1 is 0.500 bits per heavy atom. The number of carbonyl (C=O) groups excluding carboxylic acids is 1. The molecule has 3 aliphatic carbocycles. The number of hydrogen-bond donors (Lipinski definition) is 0. The molecule has 4 atom stereocenters. The molecule has 368 valence electrons. The minimum absolute atomic E-state index is 0. The van der Waals surface area contributed by atoms with Crippen LogP contribution in [-0.4, -0.2) is 5.78 Å². The molecule has 8 aromatic carbocycles. The molecule has 3 aliphatic rings. The van der Waals surface area contributed by atoms with Crippen LogP contribution in [0.3, 0.4) is 0 Å². The molecule has 0 saturated heterocycles. The summed E-state index contributed by atoms with van der Waals surface area (Å²) in [4.78, 5) is 13.4. The number of ketones is 1. The minimum atomic E-state index is -0.932. The van der Waals surface area contributed by atoms with Crippen LogP contribution < -0.4 is 31.8 Å². The molecule has 0 spiro atoms. The summed E-state index contributed by atoms with van der Waals surface area (Å²) in [6.07, 6.45) is 24.5. The molecule has 0 aromatic heterocycles. The number of benzene rings is 8. The summed E-state index contributed by atoms with van der Waals surface area (Å²) in [5.74, 6) is 4.24. The molecular formula is C70H65OP2Ru+. The molecule has 0 radical (unpaired) electrons. The van der Waals surface area contributed by atoms with Gasteiger partial charge in [-0.2, -0.15) is 0 Å². The fraction of sp³-hybridized carbons (Fsp3) is 0.157. The molecule has 1 fully saturated rings. The van der Waals surface area contributed by atoms with Gasteiger partial charge in [-0.1, -0.05) is 292 Å². The second-order valence-electron chi connectivity index (χ2n) is 18.8. The number of Topliss-reactive ketones (excluding diaryl/α,β-unsaturated/α-hetero) is 1. The zero-order valence-corrected chi connectivity index (χ0v) is 46.0. The topological polar surface area (TPSA) is 17.1 Å². The predicted octanol–water partition coefficient (Wildman–Crippen LogP) is 14.7. The average molecular weight is 1090 g/mol. The summed E-state index contributed by atoms with van der Waals surface area (Å²) in [6.45, 7) is 8.00. The summed E-state index contributed by atoms with van der Waals surface area (Å²) >= 11 is 0. The van der Waals surface area contributed by atoms with E-state index in [1.807, 2.05) is 80.6 Å². The third kappa shape index (κ3) is 13.8. The van der Waals surface area contributed by atoms with E-state index in [0.717, 1.165) is 40.5 Å².